The van der Waals surface area contributed by atoms with Crippen molar-refractivity contribution in [3.05, 3.63) is 64.1 Å². The number of carbonyl (C=O) groups excluding carboxylic acids is 2. The summed E-state index contributed by atoms with van der Waals surface area (Å²) in [5.74, 6) is -1.56. The summed E-state index contributed by atoms with van der Waals surface area (Å²) in [6.45, 7) is 0. The van der Waals surface area contributed by atoms with Gasteiger partial charge >= 0.3 is 0 Å². The minimum absolute atomic E-state index is 0.133. The van der Waals surface area contributed by atoms with Crippen LogP contribution in [0.25, 0.3) is 0 Å². The average molecular weight is 443 g/mol. The Labute approximate surface area is 172 Å². The number of nitrogens with zero attached hydrogens (tertiary/aromatic N) is 3. The van der Waals surface area contributed by atoms with Crippen molar-refractivity contribution in [3.8, 4) is 0 Å². The molecule has 2 aromatic carbocycles. The molecule has 3 rings (SSSR count). The quantitative estimate of drug-likeness (QED) is 0.688. The van der Waals surface area contributed by atoms with E-state index in [1.807, 2.05) is 67.5 Å². The van der Waals surface area contributed by atoms with E-state index in [2.05, 4.69) is 21.0 Å². The van der Waals surface area contributed by atoms with E-state index in [0.29, 0.717) is 6.42 Å². The molecule has 0 saturated heterocycles. The van der Waals surface area contributed by atoms with Crippen LogP contribution < -0.4 is 10.0 Å². The number of aliphatic carboxylic acids is 1. The van der Waals surface area contributed by atoms with E-state index >= 15 is 0 Å². The van der Waals surface area contributed by atoms with Crippen LogP contribution in [-0.4, -0.2) is 36.7 Å². The molecule has 0 bridgehead atoms. The highest BCUT2D eigenvalue weighted by Crippen LogP contribution is 2.34. The van der Waals surface area contributed by atoms with E-state index in [9.17, 15) is 14.7 Å². The zero-order chi connectivity index (χ0) is 20.3. The van der Waals surface area contributed by atoms with Crippen molar-refractivity contribution in [2.75, 3.05) is 19.0 Å². The molecule has 1 aliphatic heterocycles. The Bertz CT molecular complexity index is 892. The lowest BCUT2D eigenvalue weighted by atomic mass is 9.98. The van der Waals surface area contributed by atoms with Gasteiger partial charge in [-0.25, -0.2) is 5.01 Å². The van der Waals surface area contributed by atoms with Gasteiger partial charge in [0.05, 0.1) is 11.8 Å². The zero-order valence-corrected chi connectivity index (χ0v) is 17.3. The van der Waals surface area contributed by atoms with Crippen LogP contribution in [0.1, 0.15) is 36.4 Å². The fourth-order valence-electron chi connectivity index (χ4n) is 3.13. The highest BCUT2D eigenvalue weighted by molar-refractivity contribution is 9.10. The molecule has 28 heavy (non-hydrogen) atoms. The SMILES string of the molecule is CN(C)c1ccc(C2CC(c3ccc(Br)cc3)=NN2C(=O)CCC(=O)[O-])cc1. The molecule has 6 nitrogen and oxygen atoms in total. The lowest BCUT2D eigenvalue weighted by molar-refractivity contribution is -0.305. The number of carbonyl (C=O) groups is 2. The summed E-state index contributed by atoms with van der Waals surface area (Å²) >= 11 is 3.42. The molecule has 0 radical (unpaired) electrons. The molecule has 1 aliphatic rings. The first kappa shape index (κ1) is 20.1. The largest absolute Gasteiger partial charge is 0.550 e. The van der Waals surface area contributed by atoms with Crippen molar-refractivity contribution in [1.29, 1.82) is 0 Å². The Balaban J connectivity index is 1.89. The minimum atomic E-state index is -1.24. The van der Waals surface area contributed by atoms with Crippen molar-refractivity contribution in [3.63, 3.8) is 0 Å². The topological polar surface area (TPSA) is 76.0 Å². The molecule has 1 atom stereocenters. The Hall–Kier alpha value is -2.67. The first-order chi connectivity index (χ1) is 13.3. The van der Waals surface area contributed by atoms with Crippen molar-refractivity contribution in [2.45, 2.75) is 25.3 Å². The van der Waals surface area contributed by atoms with Crippen LogP contribution in [0, 0.1) is 0 Å². The monoisotopic (exact) mass is 442 g/mol. The molecule has 1 amide bonds. The second kappa shape index (κ2) is 8.56. The maximum absolute atomic E-state index is 12.7. The van der Waals surface area contributed by atoms with E-state index in [-0.39, 0.29) is 24.8 Å². The molecule has 0 aliphatic carbocycles. The van der Waals surface area contributed by atoms with E-state index < -0.39 is 5.97 Å². The molecular formula is C21H21BrN3O3-. The molecular weight excluding hydrogens is 422 g/mol. The number of carboxylic acids is 1. The normalized spacial score (nSPS) is 16.0. The predicted octanol–water partition coefficient (Wildman–Crippen LogP) is 2.72. The molecule has 0 saturated carbocycles. The molecule has 0 aromatic heterocycles. The predicted molar refractivity (Wildman–Crippen MR) is 110 cm³/mol. The second-order valence-electron chi connectivity index (χ2n) is 6.87. The van der Waals surface area contributed by atoms with Gasteiger partial charge in [0, 0.05) is 43.1 Å². The van der Waals surface area contributed by atoms with Gasteiger partial charge in [-0.3, -0.25) is 4.79 Å². The molecule has 146 valence electrons. The van der Waals surface area contributed by atoms with Gasteiger partial charge in [0.15, 0.2) is 0 Å². The molecule has 1 unspecified atom stereocenters. The number of benzene rings is 2. The smallest absolute Gasteiger partial charge is 0.243 e. The zero-order valence-electron chi connectivity index (χ0n) is 15.8. The maximum Gasteiger partial charge on any atom is 0.243 e. The molecule has 2 aromatic rings. The van der Waals surface area contributed by atoms with Gasteiger partial charge in [-0.15, -0.1) is 0 Å². The van der Waals surface area contributed by atoms with Crippen molar-refractivity contribution in [1.82, 2.24) is 5.01 Å². The Morgan fingerprint density at radius 3 is 2.32 bits per heavy atom. The third kappa shape index (κ3) is 4.59. The molecule has 7 heteroatoms. The van der Waals surface area contributed by atoms with Gasteiger partial charge in [-0.05, 0) is 41.8 Å². The van der Waals surface area contributed by atoms with Gasteiger partial charge in [0.1, 0.15) is 0 Å². The van der Waals surface area contributed by atoms with E-state index in [1.54, 1.807) is 0 Å². The van der Waals surface area contributed by atoms with E-state index in [1.165, 1.54) is 5.01 Å². The number of rotatable bonds is 6. The van der Waals surface area contributed by atoms with Gasteiger partial charge in [0.2, 0.25) is 5.91 Å². The van der Waals surface area contributed by atoms with E-state index in [0.717, 1.165) is 27.0 Å². The third-order valence-electron chi connectivity index (χ3n) is 4.68. The molecule has 1 heterocycles. The third-order valence-corrected chi connectivity index (χ3v) is 5.21. The van der Waals surface area contributed by atoms with Gasteiger partial charge in [0.25, 0.3) is 0 Å². The summed E-state index contributed by atoms with van der Waals surface area (Å²) in [6, 6.07) is 15.5. The standard InChI is InChI=1S/C21H22BrN3O3/c1-24(2)17-9-5-15(6-10-17)19-13-18(14-3-7-16(22)8-4-14)23-25(19)20(26)11-12-21(27)28/h3-10,19H,11-13H2,1-2H3,(H,27,28)/p-1. The first-order valence-corrected chi connectivity index (χ1v) is 9.77. The highest BCUT2D eigenvalue weighted by atomic mass is 79.9. The first-order valence-electron chi connectivity index (χ1n) is 8.98. The van der Waals surface area contributed by atoms with Gasteiger partial charge in [-0.2, -0.15) is 5.10 Å². The van der Waals surface area contributed by atoms with E-state index in [4.69, 9.17) is 0 Å². The van der Waals surface area contributed by atoms with Crippen LogP contribution in [0.5, 0.6) is 0 Å². The Morgan fingerprint density at radius 1 is 1.11 bits per heavy atom. The number of carboxylic acid groups (broad SMARTS) is 1. The number of hydrogen-bond acceptors (Lipinski definition) is 5. The lowest BCUT2D eigenvalue weighted by Crippen LogP contribution is -2.29. The van der Waals surface area contributed by atoms with Gasteiger partial charge < -0.3 is 14.8 Å². The van der Waals surface area contributed by atoms with Crippen molar-refractivity contribution < 1.29 is 14.7 Å². The number of anilines is 1. The second-order valence-corrected chi connectivity index (χ2v) is 7.79. The fraction of sp³-hybridized carbons (Fsp3) is 0.286. The van der Waals surface area contributed by atoms with Crippen molar-refractivity contribution in [2.24, 2.45) is 5.10 Å². The summed E-state index contributed by atoms with van der Waals surface area (Å²) < 4.78 is 0.965. The van der Waals surface area contributed by atoms with Gasteiger partial charge in [-0.1, -0.05) is 40.2 Å². The summed E-state index contributed by atoms with van der Waals surface area (Å²) in [5, 5.41) is 16.7. The summed E-state index contributed by atoms with van der Waals surface area (Å²) in [6.07, 6.45) is 0.122. The van der Waals surface area contributed by atoms with Crippen LogP contribution in [0.15, 0.2) is 58.1 Å². The summed E-state index contributed by atoms with van der Waals surface area (Å²) in [5.41, 5.74) is 3.76. The van der Waals surface area contributed by atoms with Crippen LogP contribution in [0.3, 0.4) is 0 Å². The molecule has 0 N–H and O–H groups in total. The minimum Gasteiger partial charge on any atom is -0.550 e. The summed E-state index contributed by atoms with van der Waals surface area (Å²) in [4.78, 5) is 25.4. The fourth-order valence-corrected chi connectivity index (χ4v) is 3.40. The number of amides is 1. The Kier molecular flexibility index (Phi) is 6.14. The average Bonchev–Trinajstić information content (AvgIpc) is 3.12. The molecule has 0 spiro atoms. The molecule has 0 fully saturated rings. The Morgan fingerprint density at radius 2 is 1.75 bits per heavy atom. The number of hydrazone groups is 1. The van der Waals surface area contributed by atoms with Crippen LogP contribution in [0.4, 0.5) is 5.69 Å². The lowest BCUT2D eigenvalue weighted by Gasteiger charge is -2.23. The highest BCUT2D eigenvalue weighted by Gasteiger charge is 2.32. The van der Waals surface area contributed by atoms with Crippen LogP contribution >= 0.6 is 15.9 Å². The van der Waals surface area contributed by atoms with Crippen molar-refractivity contribution >= 4 is 39.2 Å². The summed E-state index contributed by atoms with van der Waals surface area (Å²) in [7, 11) is 3.93. The maximum atomic E-state index is 12.7. The van der Waals surface area contributed by atoms with Crippen LogP contribution in [-0.2, 0) is 9.59 Å². The van der Waals surface area contributed by atoms with Crippen LogP contribution in [0.2, 0.25) is 0 Å². The number of hydrogen-bond donors (Lipinski definition) is 0. The number of halogens is 1.